The van der Waals surface area contributed by atoms with Crippen LogP contribution in [0.5, 0.6) is 0 Å². The van der Waals surface area contributed by atoms with Crippen LogP contribution < -0.4 is 10.4 Å². The van der Waals surface area contributed by atoms with E-state index >= 15 is 0 Å². The lowest BCUT2D eigenvalue weighted by molar-refractivity contribution is -0.173. The van der Waals surface area contributed by atoms with Crippen LogP contribution >= 0.6 is 0 Å². The zero-order valence-corrected chi connectivity index (χ0v) is 9.95. The molecule has 0 spiro atoms. The van der Waals surface area contributed by atoms with Crippen molar-refractivity contribution in [3.05, 3.63) is 30.3 Å². The van der Waals surface area contributed by atoms with E-state index in [9.17, 15) is 18.0 Å². The SMILES string of the molecule is CC1(C)C(=O)N(c2ccccc2)NC1C(F)(F)F. The van der Waals surface area contributed by atoms with E-state index in [1.165, 1.54) is 13.8 Å². The number of hydrogen-bond acceptors (Lipinski definition) is 2. The number of anilines is 1. The van der Waals surface area contributed by atoms with E-state index in [-0.39, 0.29) is 0 Å². The Bertz CT molecular complexity index is 456. The second-order valence-electron chi connectivity index (χ2n) is 4.80. The first kappa shape index (κ1) is 12.9. The third kappa shape index (κ3) is 1.96. The first-order valence-corrected chi connectivity index (χ1v) is 5.47. The van der Waals surface area contributed by atoms with E-state index in [0.717, 1.165) is 5.01 Å². The normalized spacial score (nSPS) is 23.5. The number of amides is 1. The Hall–Kier alpha value is -1.56. The monoisotopic (exact) mass is 258 g/mol. The molecule has 2 rings (SSSR count). The number of carbonyl (C=O) groups excluding carboxylic acids is 1. The van der Waals surface area contributed by atoms with Crippen LogP contribution in [0.15, 0.2) is 30.3 Å². The van der Waals surface area contributed by atoms with Crippen LogP contribution in [-0.4, -0.2) is 18.1 Å². The molecule has 6 heteroatoms. The highest BCUT2D eigenvalue weighted by Crippen LogP contribution is 2.40. The number of hydrogen-bond donors (Lipinski definition) is 1. The van der Waals surface area contributed by atoms with Crippen LogP contribution in [0.4, 0.5) is 18.9 Å². The molecule has 1 aliphatic rings. The summed E-state index contributed by atoms with van der Waals surface area (Å²) >= 11 is 0. The van der Waals surface area contributed by atoms with Gasteiger partial charge in [0, 0.05) is 0 Å². The Morgan fingerprint density at radius 1 is 1.22 bits per heavy atom. The van der Waals surface area contributed by atoms with Crippen molar-refractivity contribution < 1.29 is 18.0 Å². The zero-order valence-electron chi connectivity index (χ0n) is 9.95. The second kappa shape index (κ2) is 3.98. The molecule has 1 heterocycles. The summed E-state index contributed by atoms with van der Waals surface area (Å²) in [5.41, 5.74) is 1.13. The van der Waals surface area contributed by atoms with Gasteiger partial charge in [0.15, 0.2) is 0 Å². The maximum Gasteiger partial charge on any atom is 0.406 e. The predicted molar refractivity (Wildman–Crippen MR) is 60.7 cm³/mol. The number of rotatable bonds is 1. The summed E-state index contributed by atoms with van der Waals surface area (Å²) in [5, 5.41) is 0.970. The van der Waals surface area contributed by atoms with Gasteiger partial charge in [0.1, 0.15) is 6.04 Å². The van der Waals surface area contributed by atoms with Gasteiger partial charge in [0.25, 0.3) is 0 Å². The summed E-state index contributed by atoms with van der Waals surface area (Å²) in [5.74, 6) is -0.587. The number of nitrogens with one attached hydrogen (secondary N) is 1. The second-order valence-corrected chi connectivity index (χ2v) is 4.80. The van der Waals surface area contributed by atoms with Crippen LogP contribution in [0, 0.1) is 5.41 Å². The van der Waals surface area contributed by atoms with Gasteiger partial charge in [-0.15, -0.1) is 0 Å². The molecule has 1 aromatic rings. The molecule has 0 radical (unpaired) electrons. The average Bonchev–Trinajstić information content (AvgIpc) is 2.52. The molecule has 1 amide bonds. The summed E-state index contributed by atoms with van der Waals surface area (Å²) in [6, 6.07) is 6.35. The lowest BCUT2D eigenvalue weighted by Crippen LogP contribution is -2.47. The molecule has 1 unspecified atom stereocenters. The molecule has 0 aromatic heterocycles. The molecule has 3 nitrogen and oxygen atoms in total. The van der Waals surface area contributed by atoms with Crippen molar-refractivity contribution >= 4 is 11.6 Å². The van der Waals surface area contributed by atoms with E-state index < -0.39 is 23.5 Å². The molecular formula is C12H13F3N2O. The standard InChI is InChI=1S/C12H13F3N2O/c1-11(2)9(12(13,14)15)16-17(10(11)18)8-6-4-3-5-7-8/h3-7,9,16H,1-2H3. The van der Waals surface area contributed by atoms with Crippen molar-refractivity contribution in [3.63, 3.8) is 0 Å². The Kier molecular flexibility index (Phi) is 2.85. The highest BCUT2D eigenvalue weighted by atomic mass is 19.4. The maximum absolute atomic E-state index is 12.9. The van der Waals surface area contributed by atoms with Crippen LogP contribution in [0.2, 0.25) is 0 Å². The van der Waals surface area contributed by atoms with Crippen LogP contribution in [-0.2, 0) is 4.79 Å². The molecule has 18 heavy (non-hydrogen) atoms. The van der Waals surface area contributed by atoms with Gasteiger partial charge in [0.2, 0.25) is 5.91 Å². The lowest BCUT2D eigenvalue weighted by Gasteiger charge is -2.24. The maximum atomic E-state index is 12.9. The third-order valence-corrected chi connectivity index (χ3v) is 3.08. The fourth-order valence-corrected chi connectivity index (χ4v) is 2.01. The van der Waals surface area contributed by atoms with Crippen molar-refractivity contribution in [2.75, 3.05) is 5.01 Å². The van der Waals surface area contributed by atoms with Gasteiger partial charge in [0.05, 0.1) is 11.1 Å². The van der Waals surface area contributed by atoms with E-state index in [4.69, 9.17) is 0 Å². The minimum absolute atomic E-state index is 0.405. The number of carbonyl (C=O) groups is 1. The van der Waals surface area contributed by atoms with Crippen molar-refractivity contribution in [3.8, 4) is 0 Å². The van der Waals surface area contributed by atoms with Crippen LogP contribution in [0.3, 0.4) is 0 Å². The Balaban J connectivity index is 2.36. The van der Waals surface area contributed by atoms with Crippen LogP contribution in [0.25, 0.3) is 0 Å². The topological polar surface area (TPSA) is 32.3 Å². The van der Waals surface area contributed by atoms with E-state index in [1.807, 2.05) is 0 Å². The van der Waals surface area contributed by atoms with Crippen LogP contribution in [0.1, 0.15) is 13.8 Å². The fraction of sp³-hybridized carbons (Fsp3) is 0.417. The minimum Gasteiger partial charge on any atom is -0.272 e. The summed E-state index contributed by atoms with van der Waals surface area (Å²) in [6.45, 7) is 2.59. The van der Waals surface area contributed by atoms with E-state index in [2.05, 4.69) is 5.43 Å². The predicted octanol–water partition coefficient (Wildman–Crippen LogP) is 2.49. The molecule has 1 aromatic carbocycles. The van der Waals surface area contributed by atoms with Gasteiger partial charge in [-0.2, -0.15) is 13.2 Å². The Labute approximate surface area is 103 Å². The molecule has 0 aliphatic carbocycles. The quantitative estimate of drug-likeness (QED) is 0.839. The highest BCUT2D eigenvalue weighted by Gasteiger charge is 2.59. The van der Waals surface area contributed by atoms with Gasteiger partial charge in [-0.05, 0) is 26.0 Å². The number of nitrogens with zero attached hydrogens (tertiary/aromatic N) is 1. The molecule has 1 fully saturated rings. The van der Waals surface area contributed by atoms with Gasteiger partial charge >= 0.3 is 6.18 Å². The number of para-hydroxylation sites is 1. The number of benzene rings is 1. The lowest BCUT2D eigenvalue weighted by atomic mass is 9.85. The fourth-order valence-electron chi connectivity index (χ4n) is 2.01. The van der Waals surface area contributed by atoms with Gasteiger partial charge in [-0.25, -0.2) is 10.4 Å². The third-order valence-electron chi connectivity index (χ3n) is 3.08. The molecule has 0 bridgehead atoms. The molecule has 0 saturated carbocycles. The highest BCUT2D eigenvalue weighted by molar-refractivity contribution is 5.99. The van der Waals surface area contributed by atoms with Crippen molar-refractivity contribution in [1.82, 2.24) is 5.43 Å². The van der Waals surface area contributed by atoms with Crippen molar-refractivity contribution in [2.45, 2.75) is 26.1 Å². The van der Waals surface area contributed by atoms with Gasteiger partial charge in [-0.1, -0.05) is 18.2 Å². The van der Waals surface area contributed by atoms with Gasteiger partial charge in [-0.3, -0.25) is 4.79 Å². The summed E-state index contributed by atoms with van der Waals surface area (Å²) in [7, 11) is 0. The van der Waals surface area contributed by atoms with E-state index in [1.54, 1.807) is 30.3 Å². The smallest absolute Gasteiger partial charge is 0.272 e. The van der Waals surface area contributed by atoms with Crippen molar-refractivity contribution in [1.29, 1.82) is 0 Å². The summed E-state index contributed by atoms with van der Waals surface area (Å²) < 4.78 is 38.6. The molecule has 1 saturated heterocycles. The molecule has 1 N–H and O–H groups in total. The molecular weight excluding hydrogens is 245 g/mol. The number of alkyl halides is 3. The minimum atomic E-state index is -4.47. The number of halogens is 3. The van der Waals surface area contributed by atoms with E-state index in [0.29, 0.717) is 5.69 Å². The largest absolute Gasteiger partial charge is 0.406 e. The first-order chi connectivity index (χ1) is 8.24. The molecule has 1 atom stereocenters. The van der Waals surface area contributed by atoms with Gasteiger partial charge < -0.3 is 0 Å². The summed E-state index contributed by atoms with van der Waals surface area (Å²) in [6.07, 6.45) is -4.47. The Morgan fingerprint density at radius 2 is 1.78 bits per heavy atom. The molecule has 1 aliphatic heterocycles. The molecule has 98 valence electrons. The van der Waals surface area contributed by atoms with Crippen molar-refractivity contribution in [2.24, 2.45) is 5.41 Å². The zero-order chi connectivity index (χ0) is 13.6. The Morgan fingerprint density at radius 3 is 2.22 bits per heavy atom. The first-order valence-electron chi connectivity index (χ1n) is 5.47. The number of hydrazine groups is 1. The summed E-state index contributed by atoms with van der Waals surface area (Å²) in [4.78, 5) is 12.0. The average molecular weight is 258 g/mol.